The van der Waals surface area contributed by atoms with Crippen LogP contribution in [0.2, 0.25) is 10.0 Å². The monoisotopic (exact) mass is 466 g/mol. The van der Waals surface area contributed by atoms with Gasteiger partial charge in [0.1, 0.15) is 30.3 Å². The van der Waals surface area contributed by atoms with Crippen molar-refractivity contribution in [3.8, 4) is 11.5 Å². The molecule has 0 aliphatic carbocycles. The molecule has 3 N–H and O–H groups in total. The SMILES string of the molecule is CC(C(N)=O)c1ccc(OCC(O)CN2CCC(Oc3ccc(Cl)c(Cl)c3)CC2)cc1. The van der Waals surface area contributed by atoms with Gasteiger partial charge < -0.3 is 25.2 Å². The van der Waals surface area contributed by atoms with Gasteiger partial charge in [-0.15, -0.1) is 0 Å². The quantitative estimate of drug-likeness (QED) is 0.585. The number of ether oxygens (including phenoxy) is 2. The molecule has 2 atom stereocenters. The number of nitrogens with zero attached hydrogens (tertiary/aromatic N) is 1. The van der Waals surface area contributed by atoms with Crippen LogP contribution in [0.25, 0.3) is 0 Å². The van der Waals surface area contributed by atoms with Crippen molar-refractivity contribution in [2.45, 2.75) is 37.9 Å². The highest BCUT2D eigenvalue weighted by molar-refractivity contribution is 6.42. The molecule has 168 valence electrons. The maximum atomic E-state index is 11.3. The number of likely N-dealkylation sites (tertiary alicyclic amines) is 1. The Morgan fingerprint density at radius 3 is 2.39 bits per heavy atom. The zero-order valence-electron chi connectivity index (χ0n) is 17.5. The predicted molar refractivity (Wildman–Crippen MR) is 122 cm³/mol. The minimum atomic E-state index is -0.600. The fraction of sp³-hybridized carbons (Fsp3) is 0.435. The van der Waals surface area contributed by atoms with Gasteiger partial charge in [0, 0.05) is 25.7 Å². The molecule has 1 aliphatic rings. The Hall–Kier alpha value is -1.99. The van der Waals surface area contributed by atoms with Crippen molar-refractivity contribution < 1.29 is 19.4 Å². The Morgan fingerprint density at radius 1 is 1.13 bits per heavy atom. The number of carbonyl (C=O) groups excluding carboxylic acids is 1. The molecule has 0 aromatic heterocycles. The molecule has 1 saturated heterocycles. The van der Waals surface area contributed by atoms with E-state index in [1.165, 1.54) is 0 Å². The predicted octanol–water partition coefficient (Wildman–Crippen LogP) is 3.87. The van der Waals surface area contributed by atoms with Gasteiger partial charge in [0.15, 0.2) is 0 Å². The fourth-order valence-corrected chi connectivity index (χ4v) is 3.80. The molecular formula is C23H28Cl2N2O4. The van der Waals surface area contributed by atoms with E-state index in [0.29, 0.717) is 22.3 Å². The summed E-state index contributed by atoms with van der Waals surface area (Å²) in [6, 6.07) is 12.5. The van der Waals surface area contributed by atoms with E-state index in [9.17, 15) is 9.90 Å². The van der Waals surface area contributed by atoms with Gasteiger partial charge in [-0.1, -0.05) is 35.3 Å². The van der Waals surface area contributed by atoms with Crippen molar-refractivity contribution in [2.75, 3.05) is 26.2 Å². The number of aliphatic hydroxyl groups is 1. The molecule has 3 rings (SSSR count). The number of β-amino-alcohol motifs (C(OH)–C–C–N with tert-alkyl or cyclic N) is 1. The number of carbonyl (C=O) groups is 1. The first-order valence-corrected chi connectivity index (χ1v) is 11.1. The molecule has 1 aliphatic heterocycles. The molecule has 2 unspecified atom stereocenters. The summed E-state index contributed by atoms with van der Waals surface area (Å²) >= 11 is 12.0. The molecule has 1 fully saturated rings. The minimum Gasteiger partial charge on any atom is -0.491 e. The molecular weight excluding hydrogens is 439 g/mol. The lowest BCUT2D eigenvalue weighted by Gasteiger charge is -2.33. The number of rotatable bonds is 9. The van der Waals surface area contributed by atoms with Crippen molar-refractivity contribution in [3.63, 3.8) is 0 Å². The molecule has 0 radical (unpaired) electrons. The number of amides is 1. The molecule has 2 aromatic rings. The van der Waals surface area contributed by atoms with Gasteiger partial charge in [-0.2, -0.15) is 0 Å². The normalized spacial score (nSPS) is 17.2. The van der Waals surface area contributed by atoms with Crippen LogP contribution in [-0.4, -0.2) is 54.4 Å². The van der Waals surface area contributed by atoms with Crippen LogP contribution in [0, 0.1) is 0 Å². The maximum Gasteiger partial charge on any atom is 0.224 e. The first-order valence-electron chi connectivity index (χ1n) is 10.4. The third-order valence-corrected chi connectivity index (χ3v) is 6.19. The largest absolute Gasteiger partial charge is 0.491 e. The molecule has 0 spiro atoms. The average Bonchev–Trinajstić information content (AvgIpc) is 2.76. The lowest BCUT2D eigenvalue weighted by atomic mass is 10.0. The minimum absolute atomic E-state index is 0.114. The van der Waals surface area contributed by atoms with Crippen LogP contribution >= 0.6 is 23.2 Å². The van der Waals surface area contributed by atoms with E-state index in [0.717, 1.165) is 37.2 Å². The number of piperidine rings is 1. The second-order valence-electron chi connectivity index (χ2n) is 7.85. The van der Waals surface area contributed by atoms with E-state index in [-0.39, 0.29) is 24.5 Å². The Kier molecular flexibility index (Phi) is 8.43. The van der Waals surface area contributed by atoms with Gasteiger partial charge in [0.25, 0.3) is 0 Å². The van der Waals surface area contributed by atoms with Gasteiger partial charge in [-0.3, -0.25) is 4.79 Å². The van der Waals surface area contributed by atoms with E-state index in [2.05, 4.69) is 4.90 Å². The number of halogens is 2. The third-order valence-electron chi connectivity index (χ3n) is 5.45. The number of hydrogen-bond donors (Lipinski definition) is 2. The Bertz CT molecular complexity index is 870. The second-order valence-corrected chi connectivity index (χ2v) is 8.67. The van der Waals surface area contributed by atoms with E-state index >= 15 is 0 Å². The zero-order chi connectivity index (χ0) is 22.4. The zero-order valence-corrected chi connectivity index (χ0v) is 19.0. The van der Waals surface area contributed by atoms with Crippen molar-refractivity contribution in [2.24, 2.45) is 5.73 Å². The number of primary amides is 1. The van der Waals surface area contributed by atoms with Crippen LogP contribution in [-0.2, 0) is 4.79 Å². The highest BCUT2D eigenvalue weighted by Gasteiger charge is 2.22. The summed E-state index contributed by atoms with van der Waals surface area (Å²) in [6.45, 7) is 4.17. The average molecular weight is 467 g/mol. The van der Waals surface area contributed by atoms with Crippen LogP contribution < -0.4 is 15.2 Å². The van der Waals surface area contributed by atoms with Gasteiger partial charge in [-0.05, 0) is 49.6 Å². The number of aliphatic hydroxyl groups excluding tert-OH is 1. The summed E-state index contributed by atoms with van der Waals surface area (Å²) < 4.78 is 11.7. The molecule has 1 heterocycles. The Labute approximate surface area is 192 Å². The van der Waals surface area contributed by atoms with Gasteiger partial charge in [-0.25, -0.2) is 0 Å². The summed E-state index contributed by atoms with van der Waals surface area (Å²) in [7, 11) is 0. The van der Waals surface area contributed by atoms with Crippen LogP contribution in [0.1, 0.15) is 31.2 Å². The third kappa shape index (κ3) is 7.01. The lowest BCUT2D eigenvalue weighted by Crippen LogP contribution is -2.43. The summed E-state index contributed by atoms with van der Waals surface area (Å²) in [4.78, 5) is 13.5. The highest BCUT2D eigenvalue weighted by atomic mass is 35.5. The fourth-order valence-electron chi connectivity index (χ4n) is 3.51. The molecule has 1 amide bonds. The van der Waals surface area contributed by atoms with E-state index < -0.39 is 6.10 Å². The molecule has 2 aromatic carbocycles. The van der Waals surface area contributed by atoms with Gasteiger partial charge in [0.2, 0.25) is 5.91 Å². The molecule has 31 heavy (non-hydrogen) atoms. The Morgan fingerprint density at radius 2 is 1.77 bits per heavy atom. The van der Waals surface area contributed by atoms with Gasteiger partial charge in [0.05, 0.1) is 16.0 Å². The van der Waals surface area contributed by atoms with Gasteiger partial charge >= 0.3 is 0 Å². The van der Waals surface area contributed by atoms with E-state index in [1.54, 1.807) is 31.2 Å². The first-order chi connectivity index (χ1) is 14.8. The van der Waals surface area contributed by atoms with Crippen molar-refractivity contribution in [1.29, 1.82) is 0 Å². The molecule has 0 saturated carbocycles. The topological polar surface area (TPSA) is 85.0 Å². The van der Waals surface area contributed by atoms with E-state index in [4.69, 9.17) is 38.4 Å². The first kappa shape index (κ1) is 23.7. The number of benzene rings is 2. The van der Waals surface area contributed by atoms with Crippen LogP contribution in [0.15, 0.2) is 42.5 Å². The van der Waals surface area contributed by atoms with Crippen molar-refractivity contribution in [1.82, 2.24) is 4.90 Å². The van der Waals surface area contributed by atoms with Crippen molar-refractivity contribution >= 4 is 29.1 Å². The number of hydrogen-bond acceptors (Lipinski definition) is 5. The van der Waals surface area contributed by atoms with Crippen LogP contribution in [0.5, 0.6) is 11.5 Å². The Balaban J connectivity index is 1.38. The lowest BCUT2D eigenvalue weighted by molar-refractivity contribution is -0.119. The number of nitrogens with two attached hydrogens (primary N) is 1. The summed E-state index contributed by atoms with van der Waals surface area (Å²) in [5.41, 5.74) is 6.17. The highest BCUT2D eigenvalue weighted by Crippen LogP contribution is 2.28. The van der Waals surface area contributed by atoms with Crippen LogP contribution in [0.3, 0.4) is 0 Å². The molecule has 8 heteroatoms. The second kappa shape index (κ2) is 11.0. The summed E-state index contributed by atoms with van der Waals surface area (Å²) in [5.74, 6) is 0.657. The maximum absolute atomic E-state index is 11.3. The van der Waals surface area contributed by atoms with Crippen molar-refractivity contribution in [3.05, 3.63) is 58.1 Å². The summed E-state index contributed by atoms with van der Waals surface area (Å²) in [5, 5.41) is 11.3. The summed E-state index contributed by atoms with van der Waals surface area (Å²) in [6.07, 6.45) is 1.25. The van der Waals surface area contributed by atoms with E-state index in [1.807, 2.05) is 18.2 Å². The van der Waals surface area contributed by atoms with Crippen LogP contribution in [0.4, 0.5) is 0 Å². The molecule has 0 bridgehead atoms. The standard InChI is InChI=1S/C23H28Cl2N2O4/c1-15(23(26)29)16-2-4-18(5-3-16)30-14-17(28)13-27-10-8-19(9-11-27)31-20-6-7-21(24)22(25)12-20/h2-7,12,15,17,19,28H,8-11,13-14H2,1H3,(H2,26,29). The smallest absolute Gasteiger partial charge is 0.224 e. The molecule has 6 nitrogen and oxygen atoms in total.